The molecular formula is C37H42N4O7. The van der Waals surface area contributed by atoms with Crippen molar-refractivity contribution in [3.05, 3.63) is 113 Å². The van der Waals surface area contributed by atoms with Crippen molar-refractivity contribution in [3.8, 4) is 5.75 Å². The highest BCUT2D eigenvalue weighted by Crippen LogP contribution is 2.23. The number of esters is 1. The molecule has 3 amide bonds. The van der Waals surface area contributed by atoms with Gasteiger partial charge in [0, 0.05) is 31.4 Å². The quantitative estimate of drug-likeness (QED) is 0.0540. The second-order valence-electron chi connectivity index (χ2n) is 11.4. The number of carbonyl (C=O) groups excluding carboxylic acids is 4. The van der Waals surface area contributed by atoms with Crippen molar-refractivity contribution >= 4 is 29.9 Å². The first-order valence-electron chi connectivity index (χ1n) is 16.2. The highest BCUT2D eigenvalue weighted by atomic mass is 16.5. The first-order valence-corrected chi connectivity index (χ1v) is 16.2. The Balaban J connectivity index is 1.31. The van der Waals surface area contributed by atoms with E-state index in [9.17, 15) is 19.2 Å². The fourth-order valence-corrected chi connectivity index (χ4v) is 5.05. The molecule has 252 valence electrons. The van der Waals surface area contributed by atoms with Crippen LogP contribution in [0.2, 0.25) is 0 Å². The molecule has 3 aromatic carbocycles. The lowest BCUT2D eigenvalue weighted by atomic mass is 10.1. The number of rotatable bonds is 13. The van der Waals surface area contributed by atoms with Crippen molar-refractivity contribution < 1.29 is 33.9 Å². The van der Waals surface area contributed by atoms with Crippen molar-refractivity contribution in [2.75, 3.05) is 13.2 Å². The fourth-order valence-electron chi connectivity index (χ4n) is 5.05. The van der Waals surface area contributed by atoms with Crippen LogP contribution in [0.4, 0.5) is 0 Å². The largest absolute Gasteiger partial charge is 0.494 e. The summed E-state index contributed by atoms with van der Waals surface area (Å²) in [5, 5.41) is 12.6. The first-order chi connectivity index (χ1) is 23.4. The molecule has 11 nitrogen and oxygen atoms in total. The lowest BCUT2D eigenvalue weighted by molar-refractivity contribution is -0.152. The SMILES string of the molecule is O=C(CCCCCOc1cccc(C(=O)N/N=C/c2ccc(CN3C[C@@H](c4ccccc4)OC(=O)CC/C=C/CCC3=O)cc2)c1)NO. The maximum absolute atomic E-state index is 13.3. The fraction of sp³-hybridized carbons (Fsp3) is 0.324. The number of ether oxygens (including phenoxy) is 2. The van der Waals surface area contributed by atoms with Gasteiger partial charge >= 0.3 is 5.97 Å². The Labute approximate surface area is 280 Å². The number of nitrogens with one attached hydrogen (secondary N) is 2. The van der Waals surface area contributed by atoms with Crippen LogP contribution in [0.15, 0.2) is 96.1 Å². The molecule has 0 saturated heterocycles. The van der Waals surface area contributed by atoms with Gasteiger partial charge in [0.05, 0.1) is 19.4 Å². The van der Waals surface area contributed by atoms with Crippen molar-refractivity contribution in [2.45, 2.75) is 64.0 Å². The van der Waals surface area contributed by atoms with Crippen LogP contribution in [0.5, 0.6) is 5.75 Å². The van der Waals surface area contributed by atoms with E-state index in [-0.39, 0.29) is 37.2 Å². The zero-order valence-corrected chi connectivity index (χ0v) is 26.9. The van der Waals surface area contributed by atoms with Gasteiger partial charge in [0.15, 0.2) is 0 Å². The van der Waals surface area contributed by atoms with Crippen LogP contribution >= 0.6 is 0 Å². The third-order valence-corrected chi connectivity index (χ3v) is 7.66. The second kappa shape index (κ2) is 19.4. The lowest BCUT2D eigenvalue weighted by Crippen LogP contribution is -2.35. The minimum atomic E-state index is -0.577. The predicted octanol–water partition coefficient (Wildman–Crippen LogP) is 5.64. The normalized spacial score (nSPS) is 16.4. The van der Waals surface area contributed by atoms with Crippen molar-refractivity contribution in [2.24, 2.45) is 5.10 Å². The van der Waals surface area contributed by atoms with Crippen LogP contribution in [-0.2, 0) is 25.7 Å². The van der Waals surface area contributed by atoms with E-state index in [4.69, 9.17) is 14.7 Å². The lowest BCUT2D eigenvalue weighted by Gasteiger charge is -2.28. The van der Waals surface area contributed by atoms with Gasteiger partial charge in [-0.15, -0.1) is 0 Å². The average Bonchev–Trinajstić information content (AvgIpc) is 3.11. The molecule has 0 spiro atoms. The van der Waals surface area contributed by atoms with E-state index >= 15 is 0 Å². The number of hydrogen-bond acceptors (Lipinski definition) is 8. The number of hydrazone groups is 1. The summed E-state index contributed by atoms with van der Waals surface area (Å²) in [4.78, 5) is 51.3. The molecule has 0 aliphatic carbocycles. The first kappa shape index (κ1) is 35.6. The minimum Gasteiger partial charge on any atom is -0.494 e. The molecule has 1 heterocycles. The standard InChI is InChI=1S/C37H42N4O7/c42-34(40-46)16-7-4-10-23-47-32-15-11-14-31(24-32)37(45)39-38-25-28-19-21-29(22-20-28)26-41-27-33(30-12-5-3-6-13-30)48-36(44)18-9-2-1-8-17-35(41)43/h1-3,5-6,11-15,19-22,24-25,33,46H,4,7-10,16-18,23,26-27H2,(H,39,45)(H,40,42)/b2-1+,38-25+/t33-/m0/s1. The Morgan fingerprint density at radius 3 is 2.48 bits per heavy atom. The highest BCUT2D eigenvalue weighted by molar-refractivity contribution is 5.95. The zero-order chi connectivity index (χ0) is 34.0. The van der Waals surface area contributed by atoms with E-state index in [1.165, 1.54) is 6.21 Å². The summed E-state index contributed by atoms with van der Waals surface area (Å²) in [6, 6.07) is 23.8. The summed E-state index contributed by atoms with van der Waals surface area (Å²) >= 11 is 0. The summed E-state index contributed by atoms with van der Waals surface area (Å²) in [6.45, 7) is 1.02. The minimum absolute atomic E-state index is 0.0234. The van der Waals surface area contributed by atoms with Crippen molar-refractivity contribution in [1.29, 1.82) is 0 Å². The summed E-state index contributed by atoms with van der Waals surface area (Å²) < 4.78 is 11.6. The molecule has 1 atom stereocenters. The molecule has 0 fully saturated rings. The topological polar surface area (TPSA) is 147 Å². The molecule has 3 N–H and O–H groups in total. The van der Waals surface area contributed by atoms with E-state index in [0.29, 0.717) is 50.1 Å². The molecule has 3 aromatic rings. The Bertz CT molecular complexity index is 1560. The zero-order valence-electron chi connectivity index (χ0n) is 26.9. The number of cyclic esters (lactones) is 1. The van der Waals surface area contributed by atoms with Crippen molar-refractivity contribution in [3.63, 3.8) is 0 Å². The molecule has 0 aromatic heterocycles. The predicted molar refractivity (Wildman–Crippen MR) is 180 cm³/mol. The molecule has 0 bridgehead atoms. The molecular weight excluding hydrogens is 612 g/mol. The van der Waals surface area contributed by atoms with Gasteiger partial charge in [-0.1, -0.05) is 72.8 Å². The number of carbonyl (C=O) groups is 4. The van der Waals surface area contributed by atoms with Gasteiger partial charge in [-0.2, -0.15) is 5.10 Å². The maximum atomic E-state index is 13.3. The van der Waals surface area contributed by atoms with Gasteiger partial charge < -0.3 is 14.4 Å². The smallest absolute Gasteiger partial charge is 0.306 e. The number of hydroxylamine groups is 1. The van der Waals surface area contributed by atoms with E-state index in [2.05, 4.69) is 10.5 Å². The summed E-state index contributed by atoms with van der Waals surface area (Å²) in [6.07, 6.45) is 9.05. The molecule has 48 heavy (non-hydrogen) atoms. The van der Waals surface area contributed by atoms with E-state index < -0.39 is 12.0 Å². The summed E-state index contributed by atoms with van der Waals surface area (Å²) in [7, 11) is 0. The van der Waals surface area contributed by atoms with Gasteiger partial charge in [0.2, 0.25) is 11.8 Å². The highest BCUT2D eigenvalue weighted by Gasteiger charge is 2.24. The molecule has 0 unspecified atom stereocenters. The number of benzene rings is 3. The third-order valence-electron chi connectivity index (χ3n) is 7.66. The summed E-state index contributed by atoms with van der Waals surface area (Å²) in [5.41, 5.74) is 7.04. The average molecular weight is 655 g/mol. The van der Waals surface area contributed by atoms with Gasteiger partial charge in [-0.05, 0) is 67.0 Å². The maximum Gasteiger partial charge on any atom is 0.306 e. The van der Waals surface area contributed by atoms with Crippen LogP contribution < -0.4 is 15.6 Å². The second-order valence-corrected chi connectivity index (χ2v) is 11.4. The van der Waals surface area contributed by atoms with Crippen LogP contribution in [0.3, 0.4) is 0 Å². The Morgan fingerprint density at radius 1 is 0.938 bits per heavy atom. The summed E-state index contributed by atoms with van der Waals surface area (Å²) in [5.74, 6) is -0.566. The Morgan fingerprint density at radius 2 is 1.71 bits per heavy atom. The van der Waals surface area contributed by atoms with E-state index in [1.54, 1.807) is 34.6 Å². The van der Waals surface area contributed by atoms with Crippen molar-refractivity contribution in [1.82, 2.24) is 15.8 Å². The molecule has 4 rings (SSSR count). The number of allylic oxidation sites excluding steroid dienone is 2. The Hall–Kier alpha value is -5.29. The van der Waals surface area contributed by atoms with E-state index in [1.807, 2.05) is 66.7 Å². The molecule has 1 aliphatic rings. The van der Waals surface area contributed by atoms with Gasteiger partial charge in [0.1, 0.15) is 11.9 Å². The number of nitrogens with zero attached hydrogens (tertiary/aromatic N) is 2. The number of amides is 3. The van der Waals surface area contributed by atoms with E-state index in [0.717, 1.165) is 29.5 Å². The third kappa shape index (κ3) is 12.1. The number of hydrogen-bond donors (Lipinski definition) is 3. The monoisotopic (exact) mass is 654 g/mol. The van der Waals surface area contributed by atoms with Crippen LogP contribution in [-0.4, -0.2) is 53.2 Å². The van der Waals surface area contributed by atoms with Gasteiger partial charge in [-0.3, -0.25) is 24.4 Å². The molecule has 1 aliphatic heterocycles. The van der Waals surface area contributed by atoms with Gasteiger partial charge in [-0.25, -0.2) is 10.9 Å². The van der Waals surface area contributed by atoms with Crippen LogP contribution in [0.25, 0.3) is 0 Å². The number of unbranched alkanes of at least 4 members (excludes halogenated alkanes) is 2. The molecule has 0 saturated carbocycles. The van der Waals surface area contributed by atoms with Gasteiger partial charge in [0.25, 0.3) is 5.91 Å². The Kier molecular flexibility index (Phi) is 14.4. The molecule has 0 radical (unpaired) electrons. The van der Waals surface area contributed by atoms with Crippen LogP contribution in [0, 0.1) is 0 Å². The molecule has 11 heteroatoms. The van der Waals surface area contributed by atoms with Crippen LogP contribution in [0.1, 0.15) is 84.5 Å².